The highest BCUT2D eigenvalue weighted by atomic mass is 31.2. The normalized spacial score (nSPS) is 18.4. The van der Waals surface area contributed by atoms with Crippen molar-refractivity contribution in [3.63, 3.8) is 0 Å². The maximum atomic E-state index is 15.9. The molecule has 0 aliphatic carbocycles. The van der Waals surface area contributed by atoms with Gasteiger partial charge in [0.15, 0.2) is 25.7 Å². The van der Waals surface area contributed by atoms with E-state index >= 15 is 9.13 Å². The Bertz CT molecular complexity index is 2320. The van der Waals surface area contributed by atoms with Crippen molar-refractivity contribution in [2.24, 2.45) is 0 Å². The number of nitrogens with zero attached hydrogens (tertiary/aromatic N) is 6. The molecule has 5 aromatic rings. The summed E-state index contributed by atoms with van der Waals surface area (Å²) < 4.78 is 31.7. The summed E-state index contributed by atoms with van der Waals surface area (Å²) in [6.07, 6.45) is 0. The van der Waals surface area contributed by atoms with Gasteiger partial charge in [0, 0.05) is 31.8 Å². The third-order valence-corrected chi connectivity index (χ3v) is 14.2. The van der Waals surface area contributed by atoms with Crippen LogP contribution in [0.1, 0.15) is 16.7 Å². The predicted molar refractivity (Wildman–Crippen MR) is 174 cm³/mol. The molecule has 10 heteroatoms. The van der Waals surface area contributed by atoms with Crippen LogP contribution in [-0.4, -0.2) is 0 Å². The van der Waals surface area contributed by atoms with Crippen LogP contribution in [0.3, 0.4) is 0 Å². The summed E-state index contributed by atoms with van der Waals surface area (Å²) in [5, 5.41) is 31.6. The minimum Gasteiger partial charge on any atom is -0.309 e. The molecule has 2 aliphatic rings. The minimum atomic E-state index is -3.91. The molecule has 8 nitrogen and oxygen atoms in total. The first kappa shape index (κ1) is 27.6. The van der Waals surface area contributed by atoms with Crippen LogP contribution in [0.25, 0.3) is 9.69 Å². The Morgan fingerprint density at radius 2 is 1.07 bits per heavy atom. The fourth-order valence-electron chi connectivity index (χ4n) is 6.15. The zero-order chi connectivity index (χ0) is 31.5. The van der Waals surface area contributed by atoms with Gasteiger partial charge < -0.3 is 14.0 Å². The van der Waals surface area contributed by atoms with E-state index in [1.165, 1.54) is 12.1 Å². The van der Waals surface area contributed by atoms with Crippen molar-refractivity contribution >= 4 is 74.5 Å². The maximum absolute atomic E-state index is 15.9. The Hall–Kier alpha value is -6.19. The number of benzene rings is 5. The molecule has 2 atom stereocenters. The van der Waals surface area contributed by atoms with Gasteiger partial charge in [0.2, 0.25) is 0 Å². The largest absolute Gasteiger partial charge is 0.309 e. The van der Waals surface area contributed by atoms with Gasteiger partial charge in [-0.05, 0) is 60.7 Å². The standard InChI is InChI=1S/C35H16N6O2P2/c1-39-25-6-4-8-28(17-25)45(43)32-18-26(40-2)10-12-30(32)41-29-11-9-23(20-37)14-31(29)44(42,27-7-3-5-22(13-27)19-36)33-15-24(21-38)16-34(45)35(33)41/h3-18H. The lowest BCUT2D eigenvalue weighted by atomic mass is 10.1. The molecule has 5 aromatic carbocycles. The first-order valence-electron chi connectivity index (χ1n) is 13.5. The zero-order valence-corrected chi connectivity index (χ0v) is 24.9. The lowest BCUT2D eigenvalue weighted by Gasteiger charge is -2.44. The summed E-state index contributed by atoms with van der Waals surface area (Å²) in [5.74, 6) is 0. The molecule has 0 aromatic heterocycles. The van der Waals surface area contributed by atoms with Crippen molar-refractivity contribution in [1.82, 2.24) is 0 Å². The van der Waals surface area contributed by atoms with Gasteiger partial charge in [-0.3, -0.25) is 0 Å². The van der Waals surface area contributed by atoms with E-state index in [1.807, 2.05) is 4.90 Å². The molecule has 0 radical (unpaired) electrons. The summed E-state index contributed by atoms with van der Waals surface area (Å²) in [6.45, 7) is 15.3. The molecule has 0 bridgehead atoms. The van der Waals surface area contributed by atoms with Gasteiger partial charge in [0.1, 0.15) is 0 Å². The number of fused-ring (bicyclic) bond motifs is 4. The minimum absolute atomic E-state index is 0.117. The van der Waals surface area contributed by atoms with Gasteiger partial charge in [0.25, 0.3) is 0 Å². The Morgan fingerprint density at radius 3 is 1.69 bits per heavy atom. The highest BCUT2D eigenvalue weighted by Gasteiger charge is 2.50. The quantitative estimate of drug-likeness (QED) is 0.180. The molecule has 45 heavy (non-hydrogen) atoms. The van der Waals surface area contributed by atoms with Crippen LogP contribution in [-0.2, 0) is 9.13 Å². The monoisotopic (exact) mass is 614 g/mol. The third kappa shape index (κ3) is 3.74. The van der Waals surface area contributed by atoms with Gasteiger partial charge in [-0.25, -0.2) is 9.69 Å². The van der Waals surface area contributed by atoms with E-state index in [-0.39, 0.29) is 38.7 Å². The lowest BCUT2D eigenvalue weighted by Crippen LogP contribution is -2.46. The van der Waals surface area contributed by atoms with Crippen molar-refractivity contribution in [3.05, 3.63) is 137 Å². The first-order valence-corrected chi connectivity index (χ1v) is 16.9. The van der Waals surface area contributed by atoms with Crippen molar-refractivity contribution in [2.75, 3.05) is 4.90 Å². The average Bonchev–Trinajstić information content (AvgIpc) is 3.10. The second-order valence-electron chi connectivity index (χ2n) is 10.4. The van der Waals surface area contributed by atoms with E-state index in [4.69, 9.17) is 13.1 Å². The van der Waals surface area contributed by atoms with Gasteiger partial charge in [-0.1, -0.05) is 36.4 Å². The number of rotatable bonds is 2. The van der Waals surface area contributed by atoms with E-state index in [2.05, 4.69) is 27.9 Å². The van der Waals surface area contributed by atoms with Crippen LogP contribution in [0.2, 0.25) is 0 Å². The third-order valence-electron chi connectivity index (χ3n) is 8.12. The Labute approximate surface area is 258 Å². The van der Waals surface area contributed by atoms with Crippen LogP contribution in [0.4, 0.5) is 28.4 Å². The molecular formula is C35H16N6O2P2. The molecule has 208 valence electrons. The lowest BCUT2D eigenvalue weighted by molar-refractivity contribution is 0.592. The summed E-state index contributed by atoms with van der Waals surface area (Å²) in [6, 6.07) is 32.1. The van der Waals surface area contributed by atoms with Crippen LogP contribution >= 0.6 is 14.3 Å². The molecule has 2 aliphatic heterocycles. The van der Waals surface area contributed by atoms with Gasteiger partial charge >= 0.3 is 0 Å². The van der Waals surface area contributed by atoms with Crippen LogP contribution < -0.4 is 36.7 Å². The summed E-state index contributed by atoms with van der Waals surface area (Å²) >= 11 is 0. The highest BCUT2D eigenvalue weighted by Crippen LogP contribution is 2.61. The van der Waals surface area contributed by atoms with Crippen LogP contribution in [0.15, 0.2) is 97.1 Å². The SMILES string of the molecule is [C-]#[N+]c1cccc(P2(=O)c3cc([N+]#[C-])ccc3N3c4ccc(C#N)cc4P(=O)(c4cccc(C#N)c4)c4cc(C#N)cc2c43)c1. The number of anilines is 3. The summed E-state index contributed by atoms with van der Waals surface area (Å²) in [4.78, 5) is 8.97. The summed E-state index contributed by atoms with van der Waals surface area (Å²) in [7, 11) is -7.82. The molecule has 0 spiro atoms. The molecule has 0 saturated heterocycles. The number of hydrogen-bond donors (Lipinski definition) is 0. The molecular weight excluding hydrogens is 598 g/mol. The van der Waals surface area contributed by atoms with E-state index in [0.29, 0.717) is 38.3 Å². The van der Waals surface area contributed by atoms with E-state index in [9.17, 15) is 15.8 Å². The topological polar surface area (TPSA) is 117 Å². The molecule has 0 amide bonds. The second kappa shape index (κ2) is 9.94. The van der Waals surface area contributed by atoms with Gasteiger partial charge in [-0.15, -0.1) is 0 Å². The Kier molecular flexibility index (Phi) is 6.10. The smallest absolute Gasteiger partial charge is 0.188 e. The van der Waals surface area contributed by atoms with Crippen LogP contribution in [0.5, 0.6) is 0 Å². The van der Waals surface area contributed by atoms with E-state index in [0.717, 1.165) is 0 Å². The van der Waals surface area contributed by atoms with Crippen molar-refractivity contribution in [3.8, 4) is 18.2 Å². The maximum Gasteiger partial charge on any atom is 0.188 e. The van der Waals surface area contributed by atoms with E-state index < -0.39 is 14.3 Å². The van der Waals surface area contributed by atoms with Gasteiger partial charge in [-0.2, -0.15) is 15.8 Å². The first-order chi connectivity index (χ1) is 21.8. The van der Waals surface area contributed by atoms with Crippen molar-refractivity contribution in [2.45, 2.75) is 0 Å². The fraction of sp³-hybridized carbons (Fsp3) is 0. The van der Waals surface area contributed by atoms with Gasteiger partial charge in [0.05, 0.1) is 65.1 Å². The van der Waals surface area contributed by atoms with Crippen LogP contribution in [0, 0.1) is 47.1 Å². The zero-order valence-electron chi connectivity index (χ0n) is 23.1. The highest BCUT2D eigenvalue weighted by molar-refractivity contribution is 7.88. The predicted octanol–water partition coefficient (Wildman–Crippen LogP) is 5.78. The molecule has 2 heterocycles. The molecule has 7 rings (SSSR count). The average molecular weight is 615 g/mol. The number of hydrogen-bond acceptors (Lipinski definition) is 6. The molecule has 0 N–H and O–H groups in total. The van der Waals surface area contributed by atoms with E-state index in [1.54, 1.807) is 84.9 Å². The molecule has 2 unspecified atom stereocenters. The summed E-state index contributed by atoms with van der Waals surface area (Å²) in [5.41, 5.74) is 2.54. The Balaban J connectivity index is 1.71. The molecule has 0 saturated carbocycles. The number of nitriles is 3. The second-order valence-corrected chi connectivity index (χ2v) is 15.8. The molecule has 0 fully saturated rings. The Morgan fingerprint density at radius 1 is 0.556 bits per heavy atom. The fourth-order valence-corrected chi connectivity index (χ4v) is 12.4. The van der Waals surface area contributed by atoms with Crippen molar-refractivity contribution in [1.29, 1.82) is 15.8 Å². The van der Waals surface area contributed by atoms with Crippen molar-refractivity contribution < 1.29 is 9.13 Å².